The van der Waals surface area contributed by atoms with Crippen LogP contribution in [0, 0.1) is 0 Å². The lowest BCUT2D eigenvalue weighted by atomic mass is 10.2. The van der Waals surface area contributed by atoms with Crippen molar-refractivity contribution in [2.75, 3.05) is 11.6 Å². The van der Waals surface area contributed by atoms with Gasteiger partial charge in [0.25, 0.3) is 5.91 Å². The van der Waals surface area contributed by atoms with Crippen molar-refractivity contribution in [3.05, 3.63) is 59.7 Å². The Hall–Kier alpha value is -3.40. The van der Waals surface area contributed by atoms with Crippen LogP contribution in [0.5, 0.6) is 0 Å². The van der Waals surface area contributed by atoms with Gasteiger partial charge in [0.05, 0.1) is 10.6 Å². The molecule has 0 heterocycles. The van der Waals surface area contributed by atoms with Crippen molar-refractivity contribution >= 4 is 33.4 Å². The predicted octanol–water partition coefficient (Wildman–Crippen LogP) is 1.22. The average Bonchev–Trinajstić information content (AvgIpc) is 2.64. The second kappa shape index (κ2) is 9.00. The fourth-order valence-electron chi connectivity index (χ4n) is 2.22. The van der Waals surface area contributed by atoms with Gasteiger partial charge in [0.2, 0.25) is 5.96 Å². The number of nitrogens with one attached hydrogen (secondary N) is 2. The topological polar surface area (TPSA) is 140 Å². The Kier molecular flexibility index (Phi) is 6.72. The van der Waals surface area contributed by atoms with Gasteiger partial charge in [0, 0.05) is 25.3 Å². The summed E-state index contributed by atoms with van der Waals surface area (Å²) in [6.07, 6.45) is 1.05. The number of rotatable bonds is 5. The second-order valence-electron chi connectivity index (χ2n) is 5.82. The van der Waals surface area contributed by atoms with E-state index in [2.05, 4.69) is 15.1 Å². The first-order valence-electron chi connectivity index (χ1n) is 8.10. The Balaban J connectivity index is 2.25. The van der Waals surface area contributed by atoms with Gasteiger partial charge in [0.15, 0.2) is 9.84 Å². The SMILES string of the molecule is CC(=O)ONC(N)=NC(=O)c1ccc(NCc2ccccc2)c(S(C)(=O)=O)c1. The molecule has 0 radical (unpaired) electrons. The standard InChI is InChI=1S/C18H20N4O5S/c1-12(23)27-22-18(19)21-17(24)14-8-9-15(16(10-14)28(2,25)26)20-11-13-6-4-3-5-7-13/h3-10,20H,11H2,1-2H3,(H3,19,21,22,24). The van der Waals surface area contributed by atoms with Crippen molar-refractivity contribution in [2.45, 2.75) is 18.4 Å². The van der Waals surface area contributed by atoms with Crippen LogP contribution in [0.25, 0.3) is 0 Å². The van der Waals surface area contributed by atoms with E-state index in [4.69, 9.17) is 5.73 Å². The third-order valence-corrected chi connectivity index (χ3v) is 4.61. The number of hydroxylamine groups is 1. The molecule has 4 N–H and O–H groups in total. The minimum Gasteiger partial charge on any atom is -0.380 e. The minimum absolute atomic E-state index is 0.0123. The molecule has 148 valence electrons. The van der Waals surface area contributed by atoms with E-state index in [9.17, 15) is 18.0 Å². The highest BCUT2D eigenvalue weighted by Crippen LogP contribution is 2.24. The molecule has 0 spiro atoms. The monoisotopic (exact) mass is 404 g/mol. The Morgan fingerprint density at radius 1 is 1.14 bits per heavy atom. The largest absolute Gasteiger partial charge is 0.380 e. The number of aliphatic imine (C=N–C) groups is 1. The van der Waals surface area contributed by atoms with Gasteiger partial charge in [-0.1, -0.05) is 30.3 Å². The highest BCUT2D eigenvalue weighted by molar-refractivity contribution is 7.90. The number of carbonyl (C=O) groups is 2. The van der Waals surface area contributed by atoms with E-state index in [0.717, 1.165) is 18.7 Å². The molecule has 0 saturated carbocycles. The first-order chi connectivity index (χ1) is 13.2. The van der Waals surface area contributed by atoms with Gasteiger partial charge in [-0.25, -0.2) is 8.42 Å². The summed E-state index contributed by atoms with van der Waals surface area (Å²) in [6, 6.07) is 13.6. The van der Waals surface area contributed by atoms with Gasteiger partial charge in [-0.15, -0.1) is 0 Å². The molecule has 0 bridgehead atoms. The molecule has 0 aliphatic rings. The number of anilines is 1. The molecule has 0 aliphatic carbocycles. The highest BCUT2D eigenvalue weighted by Gasteiger charge is 2.17. The number of nitrogens with zero attached hydrogens (tertiary/aromatic N) is 1. The molecule has 2 rings (SSSR count). The Morgan fingerprint density at radius 3 is 2.43 bits per heavy atom. The van der Waals surface area contributed by atoms with Crippen LogP contribution in [0.4, 0.5) is 5.69 Å². The molecule has 9 nitrogen and oxygen atoms in total. The maximum atomic E-state index is 12.2. The predicted molar refractivity (Wildman–Crippen MR) is 104 cm³/mol. The molecular formula is C18H20N4O5S. The number of amides is 1. The van der Waals surface area contributed by atoms with E-state index in [-0.39, 0.29) is 10.5 Å². The molecule has 0 aliphatic heterocycles. The molecule has 10 heteroatoms. The maximum Gasteiger partial charge on any atom is 0.329 e. The summed E-state index contributed by atoms with van der Waals surface area (Å²) in [5.41, 5.74) is 8.78. The molecule has 0 saturated heterocycles. The van der Waals surface area contributed by atoms with E-state index in [1.54, 1.807) is 0 Å². The second-order valence-corrected chi connectivity index (χ2v) is 7.80. The van der Waals surface area contributed by atoms with Crippen LogP contribution in [-0.4, -0.2) is 32.5 Å². The first-order valence-corrected chi connectivity index (χ1v) is 10.00. The zero-order chi connectivity index (χ0) is 20.7. The fraction of sp³-hybridized carbons (Fsp3) is 0.167. The summed E-state index contributed by atoms with van der Waals surface area (Å²) >= 11 is 0. The van der Waals surface area contributed by atoms with Crippen molar-refractivity contribution in [2.24, 2.45) is 10.7 Å². The van der Waals surface area contributed by atoms with Crippen LogP contribution in [0.2, 0.25) is 0 Å². The average molecular weight is 404 g/mol. The molecule has 0 atom stereocenters. The minimum atomic E-state index is -3.62. The molecule has 2 aromatic carbocycles. The molecule has 28 heavy (non-hydrogen) atoms. The molecule has 0 unspecified atom stereocenters. The summed E-state index contributed by atoms with van der Waals surface area (Å²) in [7, 11) is -3.62. The number of carbonyl (C=O) groups excluding carboxylic acids is 2. The number of hydrogen-bond donors (Lipinski definition) is 3. The lowest BCUT2D eigenvalue weighted by Crippen LogP contribution is -2.33. The van der Waals surface area contributed by atoms with Gasteiger partial charge in [0.1, 0.15) is 0 Å². The third-order valence-electron chi connectivity index (χ3n) is 3.48. The van der Waals surface area contributed by atoms with Gasteiger partial charge >= 0.3 is 5.97 Å². The summed E-state index contributed by atoms with van der Waals surface area (Å²) in [4.78, 5) is 30.8. The van der Waals surface area contributed by atoms with Crippen molar-refractivity contribution < 1.29 is 22.8 Å². The van der Waals surface area contributed by atoms with Crippen molar-refractivity contribution in [3.8, 4) is 0 Å². The van der Waals surface area contributed by atoms with E-state index >= 15 is 0 Å². The van der Waals surface area contributed by atoms with Crippen LogP contribution in [0.3, 0.4) is 0 Å². The smallest absolute Gasteiger partial charge is 0.329 e. The van der Waals surface area contributed by atoms with Crippen molar-refractivity contribution in [1.82, 2.24) is 5.48 Å². The molecule has 0 fully saturated rings. The Morgan fingerprint density at radius 2 is 1.82 bits per heavy atom. The first kappa shape index (κ1) is 20.9. The Labute approximate surface area is 162 Å². The maximum absolute atomic E-state index is 12.2. The zero-order valence-electron chi connectivity index (χ0n) is 15.3. The van der Waals surface area contributed by atoms with Crippen molar-refractivity contribution in [3.63, 3.8) is 0 Å². The lowest BCUT2D eigenvalue weighted by Gasteiger charge is -2.12. The number of benzene rings is 2. The lowest BCUT2D eigenvalue weighted by molar-refractivity contribution is -0.145. The van der Waals surface area contributed by atoms with Crippen LogP contribution >= 0.6 is 0 Å². The van der Waals surface area contributed by atoms with Crippen LogP contribution < -0.4 is 16.5 Å². The normalized spacial score (nSPS) is 11.6. The van der Waals surface area contributed by atoms with Crippen molar-refractivity contribution in [1.29, 1.82) is 0 Å². The van der Waals surface area contributed by atoms with E-state index in [1.807, 2.05) is 35.8 Å². The highest BCUT2D eigenvalue weighted by atomic mass is 32.2. The quantitative estimate of drug-likeness (QED) is 0.384. The molecule has 2 aromatic rings. The van der Waals surface area contributed by atoms with Gasteiger partial charge in [-0.2, -0.15) is 10.5 Å². The molecular weight excluding hydrogens is 384 g/mol. The number of nitrogens with two attached hydrogens (primary N) is 1. The van der Waals surface area contributed by atoms with Crippen LogP contribution in [0.1, 0.15) is 22.8 Å². The van der Waals surface area contributed by atoms with Gasteiger partial charge in [-0.05, 0) is 23.8 Å². The third kappa shape index (κ3) is 6.09. The molecule has 0 aromatic heterocycles. The summed E-state index contributed by atoms with van der Waals surface area (Å²) in [5.74, 6) is -1.90. The summed E-state index contributed by atoms with van der Waals surface area (Å²) in [6.45, 7) is 1.55. The fourth-order valence-corrected chi connectivity index (χ4v) is 3.10. The van der Waals surface area contributed by atoms with Crippen LogP contribution in [0.15, 0.2) is 58.4 Å². The van der Waals surface area contributed by atoms with E-state index in [0.29, 0.717) is 12.2 Å². The molecule has 1 amide bonds. The summed E-state index contributed by atoms with van der Waals surface area (Å²) < 4.78 is 24.3. The van der Waals surface area contributed by atoms with Crippen LogP contribution in [-0.2, 0) is 26.0 Å². The number of sulfone groups is 1. The summed E-state index contributed by atoms with van der Waals surface area (Å²) in [5, 5.41) is 3.05. The number of hydrogen-bond acceptors (Lipinski definition) is 6. The van der Waals surface area contributed by atoms with Gasteiger partial charge < -0.3 is 15.9 Å². The van der Waals surface area contributed by atoms with Gasteiger partial charge in [-0.3, -0.25) is 9.59 Å². The number of guanidine groups is 1. The Bertz CT molecular complexity index is 1000. The van der Waals surface area contributed by atoms with E-state index in [1.165, 1.54) is 18.2 Å². The van der Waals surface area contributed by atoms with E-state index < -0.39 is 27.7 Å². The zero-order valence-corrected chi connectivity index (χ0v) is 16.1.